The van der Waals surface area contributed by atoms with Gasteiger partial charge in [-0.3, -0.25) is 0 Å². The van der Waals surface area contributed by atoms with Crippen LogP contribution in [0.2, 0.25) is 0 Å². The van der Waals surface area contributed by atoms with Crippen molar-refractivity contribution >= 4 is 0 Å². The Morgan fingerprint density at radius 3 is 2.57 bits per heavy atom. The van der Waals surface area contributed by atoms with E-state index in [1.807, 2.05) is 0 Å². The summed E-state index contributed by atoms with van der Waals surface area (Å²) >= 11 is 0. The van der Waals surface area contributed by atoms with Crippen molar-refractivity contribution in [1.82, 2.24) is 5.32 Å². The Bertz CT molecular complexity index is 150. The smallest absolute Gasteiger partial charge is 0.0506 e. The summed E-state index contributed by atoms with van der Waals surface area (Å²) < 4.78 is 5.45. The first kappa shape index (κ1) is 10.4. The third-order valence-corrected chi connectivity index (χ3v) is 3.64. The second-order valence-electron chi connectivity index (χ2n) is 4.87. The van der Waals surface area contributed by atoms with Gasteiger partial charge in [0.1, 0.15) is 0 Å². The summed E-state index contributed by atoms with van der Waals surface area (Å²) in [6.45, 7) is 4.36. The van der Waals surface area contributed by atoms with Crippen LogP contribution in [-0.2, 0) is 4.74 Å². The van der Waals surface area contributed by atoms with Crippen LogP contribution < -0.4 is 5.32 Å². The molecule has 0 spiro atoms. The van der Waals surface area contributed by atoms with Gasteiger partial charge in [-0.2, -0.15) is 0 Å². The summed E-state index contributed by atoms with van der Waals surface area (Å²) in [7, 11) is 0. The van der Waals surface area contributed by atoms with Gasteiger partial charge in [-0.25, -0.2) is 0 Å². The van der Waals surface area contributed by atoms with E-state index in [4.69, 9.17) is 4.74 Å². The maximum absolute atomic E-state index is 5.45. The van der Waals surface area contributed by atoms with Crippen molar-refractivity contribution < 1.29 is 4.74 Å². The normalized spacial score (nSPS) is 28.7. The van der Waals surface area contributed by atoms with Crippen LogP contribution in [0.4, 0.5) is 0 Å². The van der Waals surface area contributed by atoms with E-state index in [1.165, 1.54) is 51.6 Å². The molecule has 2 heteroatoms. The van der Waals surface area contributed by atoms with Gasteiger partial charge in [0.2, 0.25) is 0 Å². The topological polar surface area (TPSA) is 21.3 Å². The second kappa shape index (κ2) is 5.72. The van der Waals surface area contributed by atoms with Crippen LogP contribution in [0.5, 0.6) is 0 Å². The summed E-state index contributed by atoms with van der Waals surface area (Å²) in [4.78, 5) is 0. The minimum atomic E-state index is 0.783. The molecule has 0 bridgehead atoms. The number of ether oxygens (including phenoxy) is 1. The first-order valence-corrected chi connectivity index (χ1v) is 6.23. The lowest BCUT2D eigenvalue weighted by Gasteiger charge is -2.26. The lowest BCUT2D eigenvalue weighted by molar-refractivity contribution is 0.0547. The van der Waals surface area contributed by atoms with Crippen LogP contribution >= 0.6 is 0 Å². The van der Waals surface area contributed by atoms with E-state index in [0.717, 1.165) is 25.0 Å². The quantitative estimate of drug-likeness (QED) is 0.682. The molecule has 0 radical (unpaired) electrons. The Morgan fingerprint density at radius 1 is 1.07 bits per heavy atom. The Balaban J connectivity index is 1.45. The summed E-state index contributed by atoms with van der Waals surface area (Å²) in [5.74, 6) is 1.83. The second-order valence-corrected chi connectivity index (χ2v) is 4.87. The minimum absolute atomic E-state index is 0.783. The molecule has 0 aromatic carbocycles. The molecule has 1 saturated carbocycles. The molecule has 1 heterocycles. The van der Waals surface area contributed by atoms with Crippen LogP contribution in [0.1, 0.15) is 38.5 Å². The van der Waals surface area contributed by atoms with Gasteiger partial charge >= 0.3 is 0 Å². The van der Waals surface area contributed by atoms with E-state index in [2.05, 4.69) is 5.32 Å². The van der Waals surface area contributed by atoms with Gasteiger partial charge in [0.15, 0.2) is 0 Å². The van der Waals surface area contributed by atoms with E-state index >= 15 is 0 Å². The molecule has 2 fully saturated rings. The fraction of sp³-hybridized carbons (Fsp3) is 1.00. The van der Waals surface area contributed by atoms with E-state index in [9.17, 15) is 0 Å². The van der Waals surface area contributed by atoms with Gasteiger partial charge in [0, 0.05) is 13.2 Å². The highest BCUT2D eigenvalue weighted by molar-refractivity contribution is 4.71. The van der Waals surface area contributed by atoms with Gasteiger partial charge in [0.25, 0.3) is 0 Å². The fourth-order valence-electron chi connectivity index (χ4n) is 2.36. The number of nitrogens with one attached hydrogen (secondary N) is 1. The van der Waals surface area contributed by atoms with E-state index in [-0.39, 0.29) is 0 Å². The molecule has 1 N–H and O–H groups in total. The predicted molar refractivity (Wildman–Crippen MR) is 58.4 cm³/mol. The first-order valence-electron chi connectivity index (χ1n) is 6.23. The first-order chi connectivity index (χ1) is 6.95. The van der Waals surface area contributed by atoms with Crippen LogP contribution in [0.3, 0.4) is 0 Å². The third-order valence-electron chi connectivity index (χ3n) is 3.64. The standard InChI is InChI=1S/C12H23NO/c1-3-11(4-1)6-7-13-9-12-5-2-8-14-10-12/h11-13H,1-10H2. The van der Waals surface area contributed by atoms with Crippen LogP contribution in [0, 0.1) is 11.8 Å². The summed E-state index contributed by atoms with van der Waals surface area (Å²) in [6.07, 6.45) is 8.45. The zero-order valence-corrected chi connectivity index (χ0v) is 9.13. The predicted octanol–water partition coefficient (Wildman–Crippen LogP) is 2.19. The average Bonchev–Trinajstić information content (AvgIpc) is 2.16. The molecule has 1 saturated heterocycles. The highest BCUT2D eigenvalue weighted by Gasteiger charge is 2.17. The lowest BCUT2D eigenvalue weighted by atomic mass is 9.83. The lowest BCUT2D eigenvalue weighted by Crippen LogP contribution is -2.31. The van der Waals surface area contributed by atoms with Crippen molar-refractivity contribution in [3.63, 3.8) is 0 Å². The van der Waals surface area contributed by atoms with Crippen molar-refractivity contribution in [3.05, 3.63) is 0 Å². The highest BCUT2D eigenvalue weighted by Crippen LogP contribution is 2.28. The molecule has 1 aliphatic heterocycles. The van der Waals surface area contributed by atoms with Gasteiger partial charge in [-0.1, -0.05) is 19.3 Å². The highest BCUT2D eigenvalue weighted by atomic mass is 16.5. The average molecular weight is 197 g/mol. The van der Waals surface area contributed by atoms with Crippen molar-refractivity contribution in [3.8, 4) is 0 Å². The molecular weight excluding hydrogens is 174 g/mol. The molecule has 1 unspecified atom stereocenters. The molecule has 82 valence electrons. The van der Waals surface area contributed by atoms with Gasteiger partial charge in [-0.05, 0) is 37.6 Å². The van der Waals surface area contributed by atoms with Crippen LogP contribution in [-0.4, -0.2) is 26.3 Å². The molecule has 0 amide bonds. The molecule has 1 atom stereocenters. The zero-order valence-electron chi connectivity index (χ0n) is 9.13. The van der Waals surface area contributed by atoms with E-state index < -0.39 is 0 Å². The number of hydrogen-bond acceptors (Lipinski definition) is 2. The zero-order chi connectivity index (χ0) is 9.64. The Hall–Kier alpha value is -0.0800. The van der Waals surface area contributed by atoms with Gasteiger partial charge < -0.3 is 10.1 Å². The van der Waals surface area contributed by atoms with Crippen molar-refractivity contribution in [2.45, 2.75) is 38.5 Å². The maximum Gasteiger partial charge on any atom is 0.0506 e. The largest absolute Gasteiger partial charge is 0.381 e. The molecule has 0 aromatic rings. The monoisotopic (exact) mass is 197 g/mol. The molecule has 2 aliphatic rings. The van der Waals surface area contributed by atoms with Crippen molar-refractivity contribution in [2.24, 2.45) is 11.8 Å². The Labute approximate surface area is 87.4 Å². The molecule has 14 heavy (non-hydrogen) atoms. The molecule has 1 aliphatic carbocycles. The molecule has 2 nitrogen and oxygen atoms in total. The fourth-order valence-corrected chi connectivity index (χ4v) is 2.36. The van der Waals surface area contributed by atoms with Crippen molar-refractivity contribution in [2.75, 3.05) is 26.3 Å². The molecule has 0 aromatic heterocycles. The summed E-state index contributed by atoms with van der Waals surface area (Å²) in [5, 5.41) is 3.57. The van der Waals surface area contributed by atoms with E-state index in [0.29, 0.717) is 0 Å². The van der Waals surface area contributed by atoms with Crippen LogP contribution in [0.15, 0.2) is 0 Å². The Kier molecular flexibility index (Phi) is 4.26. The SMILES string of the molecule is C1CC(CCNCC2CCCOC2)C1. The third kappa shape index (κ3) is 3.25. The molecule has 2 rings (SSSR count). The number of rotatable bonds is 5. The Morgan fingerprint density at radius 2 is 1.93 bits per heavy atom. The van der Waals surface area contributed by atoms with E-state index in [1.54, 1.807) is 0 Å². The minimum Gasteiger partial charge on any atom is -0.381 e. The van der Waals surface area contributed by atoms with Crippen molar-refractivity contribution in [1.29, 1.82) is 0 Å². The summed E-state index contributed by atoms with van der Waals surface area (Å²) in [6, 6.07) is 0. The van der Waals surface area contributed by atoms with Gasteiger partial charge in [0.05, 0.1) is 6.61 Å². The van der Waals surface area contributed by atoms with Crippen LogP contribution in [0.25, 0.3) is 0 Å². The molecular formula is C12H23NO. The maximum atomic E-state index is 5.45. The van der Waals surface area contributed by atoms with Gasteiger partial charge in [-0.15, -0.1) is 0 Å². The summed E-state index contributed by atoms with van der Waals surface area (Å²) in [5.41, 5.74) is 0. The number of hydrogen-bond donors (Lipinski definition) is 1.